The minimum Gasteiger partial charge on any atom is -0.475 e. The number of hydrogen-bond acceptors (Lipinski definition) is 7. The number of nitrogens with zero attached hydrogens (tertiary/aromatic N) is 5. The Bertz CT molecular complexity index is 1220. The van der Waals surface area contributed by atoms with Crippen LogP contribution in [0.2, 0.25) is 5.15 Å². The van der Waals surface area contributed by atoms with Crippen molar-refractivity contribution in [3.63, 3.8) is 0 Å². The lowest BCUT2D eigenvalue weighted by Crippen LogP contribution is -2.43. The van der Waals surface area contributed by atoms with Gasteiger partial charge in [-0.25, -0.2) is 8.78 Å². The zero-order valence-corrected chi connectivity index (χ0v) is 18.6. The van der Waals surface area contributed by atoms with E-state index in [0.29, 0.717) is 37.3 Å². The lowest BCUT2D eigenvalue weighted by atomic mass is 9.95. The van der Waals surface area contributed by atoms with Crippen LogP contribution in [0.1, 0.15) is 19.3 Å². The predicted octanol–water partition coefficient (Wildman–Crippen LogP) is 4.30. The SMILES string of the molecule is Fc1c(Cl)nc2c3c(nc(OC[C@@]45CCCN4C[C@H](F)C5)nc13)N(c1ccccc1)CCO2. The van der Waals surface area contributed by atoms with Crippen LogP contribution >= 0.6 is 11.6 Å². The minimum atomic E-state index is -0.869. The van der Waals surface area contributed by atoms with Crippen molar-refractivity contribution in [1.29, 1.82) is 0 Å². The van der Waals surface area contributed by atoms with Gasteiger partial charge in [0.05, 0.1) is 12.1 Å². The summed E-state index contributed by atoms with van der Waals surface area (Å²) < 4.78 is 41.1. The number of hydrogen-bond donors (Lipinski definition) is 0. The second-order valence-electron chi connectivity index (χ2n) is 8.77. The van der Waals surface area contributed by atoms with Gasteiger partial charge in [0.15, 0.2) is 16.8 Å². The molecule has 0 bridgehead atoms. The number of para-hydroxylation sites is 1. The van der Waals surface area contributed by atoms with Crippen molar-refractivity contribution in [2.75, 3.05) is 37.7 Å². The molecular formula is C23H22ClF2N5O2. The first kappa shape index (κ1) is 20.8. The standard InChI is InChI=1S/C23H22ClF2N5O2/c24-19-17(26)18-16-20(31(9-10-32-21(16)28-19)15-5-2-1-3-6-15)29-22(27-18)33-13-23-7-4-8-30(23)12-14(25)11-23/h1-3,5-6,14H,4,7-13H2/t14-,23+/m1/s1. The number of anilines is 2. The van der Waals surface area contributed by atoms with Gasteiger partial charge in [0, 0.05) is 18.7 Å². The number of halogens is 3. The number of benzene rings is 1. The summed E-state index contributed by atoms with van der Waals surface area (Å²) in [5.74, 6) is -0.131. The molecule has 172 valence electrons. The van der Waals surface area contributed by atoms with Crippen LogP contribution < -0.4 is 14.4 Å². The second-order valence-corrected chi connectivity index (χ2v) is 9.13. The van der Waals surface area contributed by atoms with Gasteiger partial charge in [-0.3, -0.25) is 4.90 Å². The maximum Gasteiger partial charge on any atom is 0.319 e. The van der Waals surface area contributed by atoms with Gasteiger partial charge in [-0.05, 0) is 31.5 Å². The van der Waals surface area contributed by atoms with Crippen LogP contribution in [0.25, 0.3) is 10.9 Å². The summed E-state index contributed by atoms with van der Waals surface area (Å²) in [4.78, 5) is 17.2. The molecule has 0 spiro atoms. The molecule has 0 amide bonds. The van der Waals surface area contributed by atoms with Crippen LogP contribution in [-0.4, -0.2) is 64.4 Å². The summed E-state index contributed by atoms with van der Waals surface area (Å²) in [6.45, 7) is 2.29. The molecule has 2 fully saturated rings. The monoisotopic (exact) mass is 473 g/mol. The molecule has 2 aromatic heterocycles. The molecule has 3 aromatic rings. The zero-order chi connectivity index (χ0) is 22.6. The molecule has 0 saturated carbocycles. The van der Waals surface area contributed by atoms with Gasteiger partial charge < -0.3 is 14.4 Å². The molecular weight excluding hydrogens is 452 g/mol. The average molecular weight is 474 g/mol. The Morgan fingerprint density at radius 2 is 2.03 bits per heavy atom. The van der Waals surface area contributed by atoms with E-state index in [1.54, 1.807) is 0 Å². The van der Waals surface area contributed by atoms with Crippen molar-refractivity contribution >= 4 is 34.0 Å². The summed E-state index contributed by atoms with van der Waals surface area (Å²) in [6, 6.07) is 9.65. The Balaban J connectivity index is 1.45. The minimum absolute atomic E-state index is 0.0107. The lowest BCUT2D eigenvalue weighted by Gasteiger charge is -2.31. The van der Waals surface area contributed by atoms with Crippen molar-refractivity contribution < 1.29 is 18.3 Å². The van der Waals surface area contributed by atoms with Crippen LogP contribution in [0.15, 0.2) is 30.3 Å². The van der Waals surface area contributed by atoms with E-state index in [2.05, 4.69) is 19.9 Å². The van der Waals surface area contributed by atoms with Gasteiger partial charge in [-0.1, -0.05) is 29.8 Å². The van der Waals surface area contributed by atoms with Crippen LogP contribution in [-0.2, 0) is 0 Å². The molecule has 0 unspecified atom stereocenters. The van der Waals surface area contributed by atoms with Gasteiger partial charge in [-0.15, -0.1) is 0 Å². The molecule has 2 saturated heterocycles. The summed E-state index contributed by atoms with van der Waals surface area (Å²) in [6.07, 6.45) is 1.41. The van der Waals surface area contributed by atoms with E-state index in [1.165, 1.54) is 0 Å². The number of alkyl halides is 1. The Hall–Kier alpha value is -2.78. The summed E-state index contributed by atoms with van der Waals surface area (Å²) in [7, 11) is 0. The number of aromatic nitrogens is 3. The number of pyridine rings is 1. The third-order valence-electron chi connectivity index (χ3n) is 6.78. The van der Waals surface area contributed by atoms with Crippen molar-refractivity contribution in [3.8, 4) is 11.9 Å². The fraction of sp³-hybridized carbons (Fsp3) is 0.435. The Morgan fingerprint density at radius 3 is 2.88 bits per heavy atom. The highest BCUT2D eigenvalue weighted by Crippen LogP contribution is 2.42. The van der Waals surface area contributed by atoms with Crippen LogP contribution in [0, 0.1) is 5.82 Å². The molecule has 2 atom stereocenters. The van der Waals surface area contributed by atoms with E-state index >= 15 is 4.39 Å². The van der Waals surface area contributed by atoms with Crippen molar-refractivity contribution in [3.05, 3.63) is 41.3 Å². The Kier molecular flexibility index (Phi) is 4.99. The fourth-order valence-corrected chi connectivity index (χ4v) is 5.45. The molecule has 3 aliphatic rings. The third-order valence-corrected chi connectivity index (χ3v) is 7.03. The first-order chi connectivity index (χ1) is 16.0. The maximum atomic E-state index is 15.1. The molecule has 0 N–H and O–H groups in total. The van der Waals surface area contributed by atoms with E-state index in [0.717, 1.165) is 25.1 Å². The molecule has 7 nitrogen and oxygen atoms in total. The first-order valence-electron chi connectivity index (χ1n) is 11.1. The lowest BCUT2D eigenvalue weighted by molar-refractivity contribution is 0.107. The molecule has 5 heterocycles. The molecule has 33 heavy (non-hydrogen) atoms. The summed E-state index contributed by atoms with van der Waals surface area (Å²) >= 11 is 6.05. The zero-order valence-electron chi connectivity index (χ0n) is 17.8. The highest BCUT2D eigenvalue weighted by Gasteiger charge is 2.49. The molecule has 1 aromatic carbocycles. The van der Waals surface area contributed by atoms with E-state index in [-0.39, 0.29) is 34.7 Å². The van der Waals surface area contributed by atoms with Gasteiger partial charge in [-0.2, -0.15) is 15.0 Å². The highest BCUT2D eigenvalue weighted by atomic mass is 35.5. The van der Waals surface area contributed by atoms with Crippen molar-refractivity contribution in [1.82, 2.24) is 19.9 Å². The van der Waals surface area contributed by atoms with Crippen molar-refractivity contribution in [2.24, 2.45) is 0 Å². The summed E-state index contributed by atoms with van der Waals surface area (Å²) in [5, 5.41) is 0.0221. The molecule has 0 radical (unpaired) electrons. The summed E-state index contributed by atoms with van der Waals surface area (Å²) in [5.41, 5.74) is 0.489. The van der Waals surface area contributed by atoms with Gasteiger partial charge >= 0.3 is 6.01 Å². The van der Waals surface area contributed by atoms with Crippen LogP contribution in [0.5, 0.6) is 11.9 Å². The number of ether oxygens (including phenoxy) is 2. The van der Waals surface area contributed by atoms with Gasteiger partial charge in [0.25, 0.3) is 0 Å². The van der Waals surface area contributed by atoms with Crippen molar-refractivity contribution in [2.45, 2.75) is 31.0 Å². The van der Waals surface area contributed by atoms with Gasteiger partial charge in [0.2, 0.25) is 5.88 Å². The predicted molar refractivity (Wildman–Crippen MR) is 120 cm³/mol. The largest absolute Gasteiger partial charge is 0.475 e. The Morgan fingerprint density at radius 1 is 1.18 bits per heavy atom. The Labute approximate surface area is 194 Å². The maximum absolute atomic E-state index is 15.1. The van der Waals surface area contributed by atoms with Gasteiger partial charge in [0.1, 0.15) is 30.3 Å². The number of rotatable bonds is 4. The van der Waals surface area contributed by atoms with E-state index in [1.807, 2.05) is 35.2 Å². The number of fused-ring (bicyclic) bond motifs is 1. The first-order valence-corrected chi connectivity index (χ1v) is 11.5. The normalized spacial score (nSPS) is 24.6. The molecule has 0 aliphatic carbocycles. The molecule has 3 aliphatic heterocycles. The fourth-order valence-electron chi connectivity index (χ4n) is 5.29. The second kappa shape index (κ2) is 7.92. The molecule has 6 rings (SSSR count). The van der Waals surface area contributed by atoms with E-state index in [4.69, 9.17) is 21.1 Å². The smallest absolute Gasteiger partial charge is 0.319 e. The van der Waals surface area contributed by atoms with Crippen LogP contribution in [0.3, 0.4) is 0 Å². The molecule has 10 heteroatoms. The van der Waals surface area contributed by atoms with Crippen LogP contribution in [0.4, 0.5) is 20.3 Å². The average Bonchev–Trinajstić information content (AvgIpc) is 3.27. The topological polar surface area (TPSA) is 63.6 Å². The quantitative estimate of drug-likeness (QED) is 0.523. The van der Waals surface area contributed by atoms with E-state index in [9.17, 15) is 4.39 Å². The third kappa shape index (κ3) is 3.45. The highest BCUT2D eigenvalue weighted by molar-refractivity contribution is 6.30. The van der Waals surface area contributed by atoms with E-state index < -0.39 is 12.0 Å².